The molecule has 6 nitrogen and oxygen atoms in total. The fourth-order valence-electron chi connectivity index (χ4n) is 2.37. The van der Waals surface area contributed by atoms with Gasteiger partial charge in [-0.15, -0.1) is 0 Å². The Morgan fingerprint density at radius 3 is 1.75 bits per heavy atom. The number of amides is 2. The average Bonchev–Trinajstić information content (AvgIpc) is 2.43. The van der Waals surface area contributed by atoms with Gasteiger partial charge in [-0.2, -0.15) is 0 Å². The maximum atomic E-state index is 12.0. The Labute approximate surface area is 143 Å². The average molecular weight is 335 g/mol. The van der Waals surface area contributed by atoms with Gasteiger partial charge in [0.25, 0.3) is 0 Å². The second-order valence-corrected chi connectivity index (χ2v) is 8.04. The molecule has 0 unspecified atom stereocenters. The number of hydrazine groups is 1. The van der Waals surface area contributed by atoms with Gasteiger partial charge in [-0.05, 0) is 23.0 Å². The molecule has 0 fully saturated rings. The molecule has 0 atom stereocenters. The van der Waals surface area contributed by atoms with Crippen LogP contribution in [0, 0.1) is 0 Å². The van der Waals surface area contributed by atoms with E-state index in [1.54, 1.807) is 12.1 Å². The van der Waals surface area contributed by atoms with Crippen LogP contribution in [-0.4, -0.2) is 16.9 Å². The lowest BCUT2D eigenvalue weighted by Gasteiger charge is -2.28. The largest absolute Gasteiger partial charge is 0.507 e. The highest BCUT2D eigenvalue weighted by Crippen LogP contribution is 2.41. The molecule has 0 radical (unpaired) electrons. The number of rotatable bonds is 4. The molecule has 2 amide bonds. The van der Waals surface area contributed by atoms with Crippen LogP contribution >= 0.6 is 0 Å². The van der Waals surface area contributed by atoms with E-state index in [1.165, 1.54) is 0 Å². The van der Waals surface area contributed by atoms with E-state index >= 15 is 0 Å². The Hall–Kier alpha value is -2.08. The summed E-state index contributed by atoms with van der Waals surface area (Å²) in [7, 11) is 0. The lowest BCUT2D eigenvalue weighted by atomic mass is 9.79. The van der Waals surface area contributed by atoms with Crippen LogP contribution in [0.5, 0.6) is 5.75 Å². The van der Waals surface area contributed by atoms with E-state index in [0.29, 0.717) is 5.69 Å². The molecular weight excluding hydrogens is 306 g/mol. The Morgan fingerprint density at radius 1 is 0.958 bits per heavy atom. The number of phenols is 1. The summed E-state index contributed by atoms with van der Waals surface area (Å²) in [6, 6.07) is 3.57. The molecule has 0 heterocycles. The minimum Gasteiger partial charge on any atom is -0.507 e. The molecule has 134 valence electrons. The number of carbonyl (C=O) groups excluding carboxylic acids is 2. The van der Waals surface area contributed by atoms with Crippen molar-refractivity contribution in [2.24, 2.45) is 5.84 Å². The molecule has 5 N–H and O–H groups in total. The maximum Gasteiger partial charge on any atom is 0.234 e. The summed E-state index contributed by atoms with van der Waals surface area (Å²) >= 11 is 0. The first-order valence-corrected chi connectivity index (χ1v) is 8.03. The second kappa shape index (κ2) is 7.21. The maximum absolute atomic E-state index is 12.0. The van der Waals surface area contributed by atoms with Crippen LogP contribution in [0.25, 0.3) is 0 Å². The number of phenolic OH excluding ortho intramolecular Hbond substituents is 1. The van der Waals surface area contributed by atoms with Crippen LogP contribution in [0.3, 0.4) is 0 Å². The highest BCUT2D eigenvalue weighted by Gasteiger charge is 2.26. The van der Waals surface area contributed by atoms with Gasteiger partial charge in [0.05, 0.1) is 0 Å². The van der Waals surface area contributed by atoms with Crippen molar-refractivity contribution in [2.45, 2.75) is 65.2 Å². The summed E-state index contributed by atoms with van der Waals surface area (Å²) in [6.45, 7) is 12.0. The van der Waals surface area contributed by atoms with Crippen LogP contribution in [0.15, 0.2) is 12.1 Å². The quantitative estimate of drug-likeness (QED) is 0.294. The summed E-state index contributed by atoms with van der Waals surface area (Å²) in [5, 5.41) is 13.4. The number of nitrogens with two attached hydrogens (primary N) is 1. The number of aromatic hydroxyl groups is 1. The zero-order valence-electron chi connectivity index (χ0n) is 15.4. The van der Waals surface area contributed by atoms with E-state index in [0.717, 1.165) is 11.1 Å². The zero-order valence-corrected chi connectivity index (χ0v) is 15.4. The van der Waals surface area contributed by atoms with E-state index in [2.05, 4.69) is 5.32 Å². The van der Waals surface area contributed by atoms with Gasteiger partial charge in [0, 0.05) is 29.7 Å². The van der Waals surface area contributed by atoms with Crippen molar-refractivity contribution in [1.82, 2.24) is 5.43 Å². The molecule has 1 aromatic rings. The van der Waals surface area contributed by atoms with Crippen LogP contribution < -0.4 is 16.6 Å². The summed E-state index contributed by atoms with van der Waals surface area (Å²) in [5.74, 6) is 4.60. The fraction of sp³-hybridized carbons (Fsp3) is 0.556. The molecule has 0 saturated carbocycles. The first-order valence-electron chi connectivity index (χ1n) is 8.03. The molecule has 0 aliphatic heterocycles. The summed E-state index contributed by atoms with van der Waals surface area (Å²) < 4.78 is 0. The lowest BCUT2D eigenvalue weighted by Crippen LogP contribution is -2.30. The Morgan fingerprint density at radius 2 is 1.38 bits per heavy atom. The highest BCUT2D eigenvalue weighted by molar-refractivity contribution is 5.93. The monoisotopic (exact) mass is 335 g/mol. The minimum absolute atomic E-state index is 0.0265. The van der Waals surface area contributed by atoms with Gasteiger partial charge < -0.3 is 10.4 Å². The number of carbonyl (C=O) groups is 2. The van der Waals surface area contributed by atoms with Gasteiger partial charge in [0.15, 0.2) is 0 Å². The first-order chi connectivity index (χ1) is 10.9. The molecule has 0 bridgehead atoms. The molecule has 0 saturated heterocycles. The topological polar surface area (TPSA) is 104 Å². The Bertz CT molecular complexity index is 590. The third kappa shape index (κ3) is 5.23. The minimum atomic E-state index is -0.387. The number of anilines is 1. The molecule has 6 heteroatoms. The summed E-state index contributed by atoms with van der Waals surface area (Å²) in [5.41, 5.74) is 3.60. The number of benzene rings is 1. The van der Waals surface area contributed by atoms with Gasteiger partial charge in [0.1, 0.15) is 5.75 Å². The Kier molecular flexibility index (Phi) is 6.00. The molecule has 0 aliphatic rings. The predicted octanol–water partition coefficient (Wildman–Crippen LogP) is 2.70. The van der Waals surface area contributed by atoms with E-state index in [4.69, 9.17) is 5.84 Å². The van der Waals surface area contributed by atoms with E-state index in [1.807, 2.05) is 47.0 Å². The molecule has 24 heavy (non-hydrogen) atoms. The zero-order chi connectivity index (χ0) is 18.7. The van der Waals surface area contributed by atoms with Crippen LogP contribution in [0.4, 0.5) is 5.69 Å². The van der Waals surface area contributed by atoms with E-state index < -0.39 is 0 Å². The third-order valence-corrected chi connectivity index (χ3v) is 3.75. The summed E-state index contributed by atoms with van der Waals surface area (Å²) in [6.07, 6.45) is 0.0677. The van der Waals surface area contributed by atoms with Crippen molar-refractivity contribution in [2.75, 3.05) is 5.32 Å². The van der Waals surface area contributed by atoms with Crippen LogP contribution in [0.2, 0.25) is 0 Å². The van der Waals surface area contributed by atoms with Crippen molar-refractivity contribution >= 4 is 17.5 Å². The third-order valence-electron chi connectivity index (χ3n) is 3.75. The number of hydrogen-bond donors (Lipinski definition) is 4. The van der Waals surface area contributed by atoms with Crippen molar-refractivity contribution in [3.63, 3.8) is 0 Å². The molecule has 0 spiro atoms. The number of nitrogens with one attached hydrogen (secondary N) is 2. The van der Waals surface area contributed by atoms with Crippen molar-refractivity contribution in [3.05, 3.63) is 23.3 Å². The van der Waals surface area contributed by atoms with Gasteiger partial charge in [0.2, 0.25) is 11.8 Å². The van der Waals surface area contributed by atoms with Gasteiger partial charge in [-0.1, -0.05) is 41.5 Å². The van der Waals surface area contributed by atoms with Crippen molar-refractivity contribution < 1.29 is 14.7 Å². The number of hydrogen-bond acceptors (Lipinski definition) is 4. The van der Waals surface area contributed by atoms with E-state index in [9.17, 15) is 14.7 Å². The normalized spacial score (nSPS) is 12.0. The molecule has 1 rings (SSSR count). The Balaban J connectivity index is 3.16. The van der Waals surface area contributed by atoms with Crippen LogP contribution in [0.1, 0.15) is 65.5 Å². The smallest absolute Gasteiger partial charge is 0.234 e. The molecular formula is C18H29N3O3. The SMILES string of the molecule is CC(C)(C)c1cc(NC(=O)CCC(=O)NN)cc(C(C)(C)C)c1O. The van der Waals surface area contributed by atoms with Gasteiger partial charge in [-0.3, -0.25) is 15.0 Å². The fourth-order valence-corrected chi connectivity index (χ4v) is 2.37. The molecule has 0 aliphatic carbocycles. The molecule has 0 aromatic heterocycles. The first kappa shape index (κ1) is 20.0. The van der Waals surface area contributed by atoms with Gasteiger partial charge >= 0.3 is 0 Å². The van der Waals surface area contributed by atoms with Gasteiger partial charge in [-0.25, -0.2) is 5.84 Å². The van der Waals surface area contributed by atoms with E-state index in [-0.39, 0.29) is 41.2 Å². The van der Waals surface area contributed by atoms with Crippen molar-refractivity contribution in [3.8, 4) is 5.75 Å². The molecule has 1 aromatic carbocycles. The standard InChI is InChI=1S/C18H29N3O3/c1-17(2,3)12-9-11(10-13(16(12)24)18(4,5)6)20-14(22)7-8-15(23)21-19/h9-10,24H,7-8,19H2,1-6H3,(H,20,22)(H,21,23). The lowest BCUT2D eigenvalue weighted by molar-refractivity contribution is -0.124. The summed E-state index contributed by atoms with van der Waals surface area (Å²) in [4.78, 5) is 23.2. The highest BCUT2D eigenvalue weighted by atomic mass is 16.3. The van der Waals surface area contributed by atoms with Crippen molar-refractivity contribution in [1.29, 1.82) is 0 Å². The predicted molar refractivity (Wildman–Crippen MR) is 95.7 cm³/mol. The van der Waals surface area contributed by atoms with Crippen LogP contribution in [-0.2, 0) is 20.4 Å². The second-order valence-electron chi connectivity index (χ2n) is 8.04.